The Morgan fingerprint density at radius 1 is 0.862 bits per heavy atom. The molecule has 0 bridgehead atoms. The van der Waals surface area contributed by atoms with Crippen LogP contribution in [0.4, 0.5) is 22.0 Å². The van der Waals surface area contributed by atoms with Crippen molar-refractivity contribution in [2.45, 2.75) is 89.3 Å². The van der Waals surface area contributed by atoms with Crippen molar-refractivity contribution >= 4 is 0 Å². The fourth-order valence-electron chi connectivity index (χ4n) is 5.03. The third-order valence-electron chi connectivity index (χ3n) is 6.72. The maximum Gasteiger partial charge on any atom is 0.422 e. The highest BCUT2D eigenvalue weighted by Crippen LogP contribution is 2.39. The van der Waals surface area contributed by atoms with Gasteiger partial charge in [0, 0.05) is 6.61 Å². The highest BCUT2D eigenvalue weighted by molar-refractivity contribution is 5.30. The predicted octanol–water partition coefficient (Wildman–Crippen LogP) is 7.63. The number of hydrogen-bond donors (Lipinski definition) is 0. The third-order valence-corrected chi connectivity index (χ3v) is 6.72. The predicted molar refractivity (Wildman–Crippen MR) is 103 cm³/mol. The van der Waals surface area contributed by atoms with Crippen molar-refractivity contribution in [2.75, 3.05) is 6.61 Å². The van der Waals surface area contributed by atoms with Crippen molar-refractivity contribution in [2.24, 2.45) is 11.8 Å². The van der Waals surface area contributed by atoms with Crippen LogP contribution in [0.25, 0.3) is 0 Å². The summed E-state index contributed by atoms with van der Waals surface area (Å²) in [5.74, 6) is -1.67. The van der Waals surface area contributed by atoms with E-state index in [0.29, 0.717) is 24.3 Å². The average molecular weight is 418 g/mol. The zero-order chi connectivity index (χ0) is 21.0. The standard InChI is InChI=1S/C23H31F5O/c1-2-3-15-4-6-16(7-5-15)14-29-19-10-8-17(9-11-19)18-12-20(24)22(21(25)13-18)23(26,27)28/h12-13,15-17,19H,2-11,14H2,1H3. The first-order valence-corrected chi connectivity index (χ1v) is 11.0. The molecule has 1 aromatic carbocycles. The Morgan fingerprint density at radius 2 is 1.41 bits per heavy atom. The number of alkyl halides is 3. The zero-order valence-electron chi connectivity index (χ0n) is 17.0. The molecule has 164 valence electrons. The first kappa shape index (κ1) is 22.5. The molecule has 0 N–H and O–H groups in total. The summed E-state index contributed by atoms with van der Waals surface area (Å²) in [7, 11) is 0. The monoisotopic (exact) mass is 418 g/mol. The molecule has 2 aliphatic carbocycles. The van der Waals surface area contributed by atoms with Crippen LogP contribution < -0.4 is 0 Å². The molecule has 6 heteroatoms. The Bertz CT molecular complexity index is 633. The van der Waals surface area contributed by atoms with Crippen molar-refractivity contribution < 1.29 is 26.7 Å². The molecule has 0 radical (unpaired) electrons. The molecule has 0 unspecified atom stereocenters. The van der Waals surface area contributed by atoms with Gasteiger partial charge in [0.2, 0.25) is 0 Å². The van der Waals surface area contributed by atoms with Crippen LogP contribution in [0.15, 0.2) is 12.1 Å². The van der Waals surface area contributed by atoms with E-state index >= 15 is 0 Å². The van der Waals surface area contributed by atoms with Gasteiger partial charge in [0.05, 0.1) is 6.10 Å². The summed E-state index contributed by atoms with van der Waals surface area (Å²) in [6.45, 7) is 3.01. The Hall–Kier alpha value is -1.17. The lowest BCUT2D eigenvalue weighted by Gasteiger charge is -2.32. The maximum absolute atomic E-state index is 13.9. The second-order valence-corrected chi connectivity index (χ2v) is 8.84. The minimum Gasteiger partial charge on any atom is -0.378 e. The van der Waals surface area contributed by atoms with E-state index in [1.165, 1.54) is 38.5 Å². The lowest BCUT2D eigenvalue weighted by molar-refractivity contribution is -0.142. The smallest absolute Gasteiger partial charge is 0.378 e. The molecule has 0 heterocycles. The molecule has 1 aromatic rings. The van der Waals surface area contributed by atoms with Crippen LogP contribution in [0.2, 0.25) is 0 Å². The van der Waals surface area contributed by atoms with Gasteiger partial charge in [-0.25, -0.2) is 8.78 Å². The molecule has 0 aliphatic heterocycles. The van der Waals surface area contributed by atoms with Crippen LogP contribution in [0.1, 0.15) is 88.2 Å². The van der Waals surface area contributed by atoms with E-state index < -0.39 is 23.4 Å². The lowest BCUT2D eigenvalue weighted by atomic mass is 9.80. The fourth-order valence-corrected chi connectivity index (χ4v) is 5.03. The van der Waals surface area contributed by atoms with Crippen LogP contribution in [-0.2, 0) is 10.9 Å². The molecule has 0 spiro atoms. The number of rotatable bonds is 6. The highest BCUT2D eigenvalue weighted by atomic mass is 19.4. The van der Waals surface area contributed by atoms with Crippen molar-refractivity contribution in [3.63, 3.8) is 0 Å². The van der Waals surface area contributed by atoms with Gasteiger partial charge in [0.15, 0.2) is 0 Å². The normalized spacial score (nSPS) is 28.5. The Morgan fingerprint density at radius 3 is 1.93 bits per heavy atom. The summed E-state index contributed by atoms with van der Waals surface area (Å²) in [6, 6.07) is 1.71. The lowest BCUT2D eigenvalue weighted by Crippen LogP contribution is -2.25. The van der Waals surface area contributed by atoms with Gasteiger partial charge in [0.25, 0.3) is 0 Å². The molecule has 3 rings (SSSR count). The zero-order valence-corrected chi connectivity index (χ0v) is 17.0. The van der Waals surface area contributed by atoms with E-state index in [4.69, 9.17) is 4.74 Å². The molecule has 1 nitrogen and oxygen atoms in total. The maximum atomic E-state index is 13.9. The molecule has 29 heavy (non-hydrogen) atoms. The van der Waals surface area contributed by atoms with E-state index in [0.717, 1.165) is 37.5 Å². The molecule has 0 amide bonds. The number of benzene rings is 1. The van der Waals surface area contributed by atoms with Crippen molar-refractivity contribution in [1.29, 1.82) is 0 Å². The average Bonchev–Trinajstić information content (AvgIpc) is 2.66. The van der Waals surface area contributed by atoms with Crippen LogP contribution in [0.3, 0.4) is 0 Å². The van der Waals surface area contributed by atoms with Gasteiger partial charge >= 0.3 is 6.18 Å². The molecule has 2 fully saturated rings. The van der Waals surface area contributed by atoms with Gasteiger partial charge in [-0.1, -0.05) is 32.6 Å². The largest absolute Gasteiger partial charge is 0.422 e. The summed E-state index contributed by atoms with van der Waals surface area (Å²) in [4.78, 5) is 0. The molecule has 0 aromatic heterocycles. The van der Waals surface area contributed by atoms with E-state index in [-0.39, 0.29) is 12.0 Å². The fraction of sp³-hybridized carbons (Fsp3) is 0.739. The molecular weight excluding hydrogens is 387 g/mol. The van der Waals surface area contributed by atoms with Gasteiger partial charge in [-0.2, -0.15) is 13.2 Å². The number of halogens is 5. The molecule has 0 atom stereocenters. The van der Waals surface area contributed by atoms with Gasteiger partial charge in [-0.05, 0) is 74.0 Å². The summed E-state index contributed by atoms with van der Waals surface area (Å²) in [5.41, 5.74) is -1.48. The van der Waals surface area contributed by atoms with Crippen molar-refractivity contribution in [3.05, 3.63) is 34.9 Å². The molecule has 0 saturated heterocycles. The first-order valence-electron chi connectivity index (χ1n) is 11.0. The van der Waals surface area contributed by atoms with Crippen LogP contribution >= 0.6 is 0 Å². The van der Waals surface area contributed by atoms with Gasteiger partial charge < -0.3 is 4.74 Å². The van der Waals surface area contributed by atoms with Crippen molar-refractivity contribution in [3.8, 4) is 0 Å². The molecule has 2 aliphatic rings. The van der Waals surface area contributed by atoms with Gasteiger partial charge in [-0.3, -0.25) is 0 Å². The van der Waals surface area contributed by atoms with E-state index in [9.17, 15) is 22.0 Å². The van der Waals surface area contributed by atoms with Crippen LogP contribution in [-0.4, -0.2) is 12.7 Å². The van der Waals surface area contributed by atoms with Gasteiger partial charge in [0.1, 0.15) is 17.2 Å². The van der Waals surface area contributed by atoms with E-state index in [1.54, 1.807) is 0 Å². The van der Waals surface area contributed by atoms with E-state index in [1.807, 2.05) is 0 Å². The SMILES string of the molecule is CCCC1CCC(COC2CCC(c3cc(F)c(C(F)(F)F)c(F)c3)CC2)CC1. The molecular formula is C23H31F5O. The number of ether oxygens (including phenoxy) is 1. The summed E-state index contributed by atoms with van der Waals surface area (Å²) in [6.07, 6.45) is 5.64. The third kappa shape index (κ3) is 5.93. The quantitative estimate of drug-likeness (QED) is 0.432. The van der Waals surface area contributed by atoms with Crippen LogP contribution in [0.5, 0.6) is 0 Å². The van der Waals surface area contributed by atoms with Crippen LogP contribution in [0, 0.1) is 23.5 Å². The summed E-state index contributed by atoms with van der Waals surface area (Å²) in [5, 5.41) is 0. The minimum atomic E-state index is -5.02. The summed E-state index contributed by atoms with van der Waals surface area (Å²) < 4.78 is 72.0. The van der Waals surface area contributed by atoms with Crippen molar-refractivity contribution in [1.82, 2.24) is 0 Å². The second kappa shape index (κ2) is 9.76. The Labute approximate surface area is 170 Å². The molecule has 2 saturated carbocycles. The first-order chi connectivity index (χ1) is 13.8. The second-order valence-electron chi connectivity index (χ2n) is 8.84. The minimum absolute atomic E-state index is 0.120. The van der Waals surface area contributed by atoms with E-state index in [2.05, 4.69) is 6.92 Å². The topological polar surface area (TPSA) is 9.23 Å². The summed E-state index contributed by atoms with van der Waals surface area (Å²) >= 11 is 0. The Balaban J connectivity index is 1.46. The highest BCUT2D eigenvalue weighted by Gasteiger charge is 2.38. The van der Waals surface area contributed by atoms with Gasteiger partial charge in [-0.15, -0.1) is 0 Å². The Kier molecular flexibility index (Phi) is 7.58. The number of hydrogen-bond acceptors (Lipinski definition) is 1.